The Kier molecular flexibility index (Phi) is 6.75. The minimum atomic E-state index is -0.957. The number of nitrogens with zero attached hydrogens (tertiary/aromatic N) is 1. The molecule has 1 atom stereocenters. The van der Waals surface area contributed by atoms with Crippen LogP contribution in [-0.4, -0.2) is 37.0 Å². The molecule has 3 aromatic rings. The highest BCUT2D eigenvalue weighted by atomic mass is 79.9. The standard InChI is InChI=1S/C27H22BrNO6/c1-15-12-17(10-11-21(15)28)24(30)22-23(16-6-5-9-20(14-16)34-2)29(26(32)25(22)31)19-8-4-7-18(13-19)27(33)35-3/h4-14,23,30H,1-3H3/b24-22+. The Morgan fingerprint density at radius 1 is 0.971 bits per heavy atom. The highest BCUT2D eigenvalue weighted by molar-refractivity contribution is 9.10. The van der Waals surface area contributed by atoms with Crippen LogP contribution in [0.2, 0.25) is 0 Å². The van der Waals surface area contributed by atoms with E-state index >= 15 is 0 Å². The number of hydrogen-bond acceptors (Lipinski definition) is 6. The number of esters is 1. The number of ketones is 1. The average Bonchev–Trinajstić information content (AvgIpc) is 3.15. The van der Waals surface area contributed by atoms with E-state index in [2.05, 4.69) is 15.9 Å². The number of halogens is 1. The molecule has 1 amide bonds. The van der Waals surface area contributed by atoms with E-state index in [1.807, 2.05) is 6.92 Å². The van der Waals surface area contributed by atoms with Crippen LogP contribution in [0.5, 0.6) is 5.75 Å². The summed E-state index contributed by atoms with van der Waals surface area (Å²) in [5, 5.41) is 11.3. The Labute approximate surface area is 210 Å². The SMILES string of the molecule is COC(=O)c1cccc(N2C(=O)C(=O)/C(=C(/O)c3ccc(Br)c(C)c3)C2c2cccc(OC)c2)c1. The fraction of sp³-hybridized carbons (Fsp3) is 0.148. The van der Waals surface area contributed by atoms with Gasteiger partial charge in [0.25, 0.3) is 11.7 Å². The number of Topliss-reactive ketones (excluding diaryl/α,β-unsaturated/α-hetero) is 1. The fourth-order valence-corrected chi connectivity index (χ4v) is 4.32. The maximum Gasteiger partial charge on any atom is 0.337 e. The lowest BCUT2D eigenvalue weighted by Crippen LogP contribution is -2.29. The quantitative estimate of drug-likeness (QED) is 0.209. The lowest BCUT2D eigenvalue weighted by molar-refractivity contribution is -0.132. The molecule has 0 spiro atoms. The molecule has 4 rings (SSSR count). The molecule has 1 aliphatic rings. The van der Waals surface area contributed by atoms with Crippen molar-refractivity contribution in [1.82, 2.24) is 0 Å². The van der Waals surface area contributed by atoms with E-state index in [4.69, 9.17) is 9.47 Å². The van der Waals surface area contributed by atoms with Gasteiger partial charge in [0, 0.05) is 15.7 Å². The Balaban J connectivity index is 1.96. The molecule has 1 aliphatic heterocycles. The highest BCUT2D eigenvalue weighted by Gasteiger charge is 2.47. The molecule has 1 saturated heterocycles. The van der Waals surface area contributed by atoms with Gasteiger partial charge in [-0.1, -0.05) is 40.2 Å². The lowest BCUT2D eigenvalue weighted by atomic mass is 9.94. The summed E-state index contributed by atoms with van der Waals surface area (Å²) in [4.78, 5) is 40.1. The van der Waals surface area contributed by atoms with E-state index in [9.17, 15) is 19.5 Å². The number of aliphatic hydroxyl groups is 1. The summed E-state index contributed by atoms with van der Waals surface area (Å²) in [6.07, 6.45) is 0. The third-order valence-corrected chi connectivity index (χ3v) is 6.72. The normalized spacial score (nSPS) is 16.9. The van der Waals surface area contributed by atoms with Crippen LogP contribution in [0.15, 0.2) is 76.8 Å². The van der Waals surface area contributed by atoms with Gasteiger partial charge in [-0.05, 0) is 60.5 Å². The molecule has 35 heavy (non-hydrogen) atoms. The largest absolute Gasteiger partial charge is 0.507 e. The molecule has 1 fully saturated rings. The summed E-state index contributed by atoms with van der Waals surface area (Å²) in [5.74, 6) is -2.00. The van der Waals surface area contributed by atoms with Crippen LogP contribution in [0.25, 0.3) is 5.76 Å². The van der Waals surface area contributed by atoms with Gasteiger partial charge in [0.05, 0.1) is 31.4 Å². The highest BCUT2D eigenvalue weighted by Crippen LogP contribution is 2.43. The molecule has 178 valence electrons. The topological polar surface area (TPSA) is 93.1 Å². The first-order chi connectivity index (χ1) is 16.8. The number of carbonyl (C=O) groups excluding carboxylic acids is 3. The first-order valence-corrected chi connectivity index (χ1v) is 11.5. The zero-order chi connectivity index (χ0) is 25.3. The second kappa shape index (κ2) is 9.76. The molecule has 0 radical (unpaired) electrons. The van der Waals surface area contributed by atoms with Crippen LogP contribution < -0.4 is 9.64 Å². The number of aryl methyl sites for hydroxylation is 1. The van der Waals surface area contributed by atoms with Crippen molar-refractivity contribution in [2.45, 2.75) is 13.0 Å². The van der Waals surface area contributed by atoms with Crippen LogP contribution in [0, 0.1) is 6.92 Å². The maximum atomic E-state index is 13.3. The van der Waals surface area contributed by atoms with Gasteiger partial charge in [-0.25, -0.2) is 4.79 Å². The fourth-order valence-electron chi connectivity index (χ4n) is 4.07. The molecule has 1 heterocycles. The molecule has 1 unspecified atom stereocenters. The second-order valence-corrected chi connectivity index (χ2v) is 8.81. The maximum absolute atomic E-state index is 13.3. The van der Waals surface area contributed by atoms with Crippen molar-refractivity contribution in [3.05, 3.63) is 99.0 Å². The number of aliphatic hydroxyl groups excluding tert-OH is 1. The third kappa shape index (κ3) is 4.44. The molecule has 8 heteroatoms. The minimum absolute atomic E-state index is 0.0616. The van der Waals surface area contributed by atoms with Crippen molar-refractivity contribution in [3.8, 4) is 5.75 Å². The Bertz CT molecular complexity index is 1380. The molecule has 0 aliphatic carbocycles. The zero-order valence-corrected chi connectivity index (χ0v) is 20.8. The number of anilines is 1. The Morgan fingerprint density at radius 3 is 2.40 bits per heavy atom. The van der Waals surface area contributed by atoms with Gasteiger partial charge in [-0.2, -0.15) is 0 Å². The van der Waals surface area contributed by atoms with Gasteiger partial charge in [0.15, 0.2) is 0 Å². The molecule has 0 bridgehead atoms. The van der Waals surface area contributed by atoms with Gasteiger partial charge in [0.1, 0.15) is 11.5 Å². The van der Waals surface area contributed by atoms with Gasteiger partial charge >= 0.3 is 5.97 Å². The molecular formula is C27H22BrNO6. The second-order valence-electron chi connectivity index (χ2n) is 7.95. The van der Waals surface area contributed by atoms with Crippen molar-refractivity contribution in [1.29, 1.82) is 0 Å². The van der Waals surface area contributed by atoms with Gasteiger partial charge in [-0.15, -0.1) is 0 Å². The molecule has 1 N–H and O–H groups in total. The monoisotopic (exact) mass is 535 g/mol. The predicted molar refractivity (Wildman–Crippen MR) is 134 cm³/mol. The van der Waals surface area contributed by atoms with Gasteiger partial charge < -0.3 is 14.6 Å². The number of benzene rings is 3. The summed E-state index contributed by atoms with van der Waals surface area (Å²) < 4.78 is 11.0. The first-order valence-electron chi connectivity index (χ1n) is 10.7. The Morgan fingerprint density at radius 2 is 1.71 bits per heavy atom. The van der Waals surface area contributed by atoms with Crippen molar-refractivity contribution in [2.24, 2.45) is 0 Å². The predicted octanol–water partition coefficient (Wildman–Crippen LogP) is 5.18. The smallest absolute Gasteiger partial charge is 0.337 e. The van der Waals surface area contributed by atoms with Gasteiger partial charge in [0.2, 0.25) is 0 Å². The van der Waals surface area contributed by atoms with Crippen LogP contribution in [0.4, 0.5) is 5.69 Å². The molecule has 0 aromatic heterocycles. The average molecular weight is 536 g/mol. The Hall–Kier alpha value is -3.91. The van der Waals surface area contributed by atoms with Crippen LogP contribution >= 0.6 is 15.9 Å². The molecule has 3 aromatic carbocycles. The van der Waals surface area contributed by atoms with E-state index in [0.717, 1.165) is 10.0 Å². The minimum Gasteiger partial charge on any atom is -0.507 e. The number of amides is 1. The van der Waals surface area contributed by atoms with Gasteiger partial charge in [-0.3, -0.25) is 14.5 Å². The first kappa shape index (κ1) is 24.2. The number of carbonyl (C=O) groups is 3. The third-order valence-electron chi connectivity index (χ3n) is 5.83. The van der Waals surface area contributed by atoms with E-state index in [1.165, 1.54) is 25.2 Å². The number of rotatable bonds is 5. The molecular weight excluding hydrogens is 514 g/mol. The van der Waals surface area contributed by atoms with Crippen molar-refractivity contribution in [3.63, 3.8) is 0 Å². The molecule has 0 saturated carbocycles. The van der Waals surface area contributed by atoms with Crippen molar-refractivity contribution < 1.29 is 29.0 Å². The van der Waals surface area contributed by atoms with E-state index < -0.39 is 23.7 Å². The summed E-state index contributed by atoms with van der Waals surface area (Å²) in [7, 11) is 2.78. The van der Waals surface area contributed by atoms with E-state index in [-0.39, 0.29) is 16.9 Å². The van der Waals surface area contributed by atoms with E-state index in [0.29, 0.717) is 22.6 Å². The summed E-state index contributed by atoms with van der Waals surface area (Å²) in [6.45, 7) is 1.86. The number of ether oxygens (including phenoxy) is 2. The van der Waals surface area contributed by atoms with E-state index in [1.54, 1.807) is 60.7 Å². The van der Waals surface area contributed by atoms with Crippen LogP contribution in [0.3, 0.4) is 0 Å². The number of methoxy groups -OCH3 is 2. The molecule has 7 nitrogen and oxygen atoms in total. The summed E-state index contributed by atoms with van der Waals surface area (Å²) in [6, 6.07) is 17.4. The van der Waals surface area contributed by atoms with Crippen LogP contribution in [-0.2, 0) is 14.3 Å². The van der Waals surface area contributed by atoms with Crippen LogP contribution in [0.1, 0.15) is 33.1 Å². The lowest BCUT2D eigenvalue weighted by Gasteiger charge is -2.26. The number of hydrogen-bond donors (Lipinski definition) is 1. The van der Waals surface area contributed by atoms with Crippen molar-refractivity contribution in [2.75, 3.05) is 19.1 Å². The van der Waals surface area contributed by atoms with Crippen molar-refractivity contribution >= 4 is 45.0 Å². The summed E-state index contributed by atoms with van der Waals surface area (Å²) >= 11 is 3.43. The summed E-state index contributed by atoms with van der Waals surface area (Å²) in [5.41, 5.74) is 2.29. The zero-order valence-electron chi connectivity index (χ0n) is 19.2.